The molecule has 0 fully saturated rings. The van der Waals surface area contributed by atoms with Crippen molar-refractivity contribution in [3.8, 4) is 0 Å². The lowest BCUT2D eigenvalue weighted by Crippen LogP contribution is -2.27. The van der Waals surface area contributed by atoms with Crippen molar-refractivity contribution in [3.05, 3.63) is 107 Å². The van der Waals surface area contributed by atoms with E-state index >= 15 is 0 Å². The van der Waals surface area contributed by atoms with Gasteiger partial charge in [0.15, 0.2) is 0 Å². The molecule has 5 heteroatoms. The first-order valence-electron chi connectivity index (χ1n) is 8.95. The van der Waals surface area contributed by atoms with Crippen LogP contribution in [0.25, 0.3) is 0 Å². The Bertz CT molecular complexity index is 956. The van der Waals surface area contributed by atoms with Gasteiger partial charge in [0.25, 0.3) is 11.8 Å². The molecule has 0 spiro atoms. The first-order chi connectivity index (χ1) is 13.5. The van der Waals surface area contributed by atoms with Gasteiger partial charge >= 0.3 is 0 Å². The summed E-state index contributed by atoms with van der Waals surface area (Å²) in [5.74, 6) is -0.761. The third kappa shape index (κ3) is 5.04. The van der Waals surface area contributed by atoms with Crippen LogP contribution in [-0.4, -0.2) is 23.8 Å². The van der Waals surface area contributed by atoms with E-state index in [1.807, 2.05) is 30.3 Å². The molecular weight excluding hydrogens is 355 g/mol. The minimum absolute atomic E-state index is 0.156. The lowest BCUT2D eigenvalue weighted by Gasteiger charge is -2.17. The summed E-state index contributed by atoms with van der Waals surface area (Å²) in [7, 11) is 1.73. The highest BCUT2D eigenvalue weighted by Gasteiger charge is 2.14. The van der Waals surface area contributed by atoms with E-state index in [1.165, 1.54) is 12.1 Å². The molecule has 0 aromatic heterocycles. The number of carbonyl (C=O) groups is 2. The van der Waals surface area contributed by atoms with Gasteiger partial charge in [0.1, 0.15) is 5.82 Å². The van der Waals surface area contributed by atoms with Gasteiger partial charge in [-0.2, -0.15) is 0 Å². The third-order valence-corrected chi connectivity index (χ3v) is 4.35. The number of carbonyl (C=O) groups excluding carboxylic acids is 2. The molecule has 142 valence electrons. The minimum atomic E-state index is -0.319. The maximum absolute atomic E-state index is 13.0. The molecule has 0 aliphatic carbocycles. The fourth-order valence-electron chi connectivity index (χ4n) is 2.83. The van der Waals surface area contributed by atoms with Crippen molar-refractivity contribution in [2.45, 2.75) is 13.1 Å². The van der Waals surface area contributed by atoms with Crippen molar-refractivity contribution in [2.75, 3.05) is 7.05 Å². The number of halogens is 1. The van der Waals surface area contributed by atoms with Crippen molar-refractivity contribution in [1.29, 1.82) is 0 Å². The van der Waals surface area contributed by atoms with Crippen LogP contribution in [0.15, 0.2) is 78.9 Å². The molecular formula is C23H21FN2O2. The zero-order valence-electron chi connectivity index (χ0n) is 15.6. The third-order valence-electron chi connectivity index (χ3n) is 4.35. The normalized spacial score (nSPS) is 10.4. The van der Waals surface area contributed by atoms with E-state index in [0.29, 0.717) is 17.7 Å². The number of amides is 2. The van der Waals surface area contributed by atoms with Gasteiger partial charge in [-0.15, -0.1) is 0 Å². The Morgan fingerprint density at radius 3 is 2.25 bits per heavy atom. The first kappa shape index (κ1) is 19.3. The minimum Gasteiger partial charge on any atom is -0.348 e. The Morgan fingerprint density at radius 2 is 1.54 bits per heavy atom. The molecule has 3 aromatic carbocycles. The Morgan fingerprint density at radius 1 is 0.857 bits per heavy atom. The quantitative estimate of drug-likeness (QED) is 0.706. The Labute approximate surface area is 163 Å². The van der Waals surface area contributed by atoms with Gasteiger partial charge in [-0.25, -0.2) is 4.39 Å². The van der Waals surface area contributed by atoms with E-state index in [2.05, 4.69) is 5.32 Å². The summed E-state index contributed by atoms with van der Waals surface area (Å²) in [5, 5.41) is 2.78. The smallest absolute Gasteiger partial charge is 0.253 e. The molecule has 0 atom stereocenters. The van der Waals surface area contributed by atoms with Crippen molar-refractivity contribution in [1.82, 2.24) is 10.2 Å². The second-order valence-electron chi connectivity index (χ2n) is 6.54. The summed E-state index contributed by atoms with van der Waals surface area (Å²) < 4.78 is 13.0. The molecule has 3 rings (SSSR count). The van der Waals surface area contributed by atoms with E-state index in [0.717, 1.165) is 11.1 Å². The van der Waals surface area contributed by atoms with Crippen LogP contribution in [0.4, 0.5) is 4.39 Å². The average Bonchev–Trinajstić information content (AvgIpc) is 2.73. The highest BCUT2D eigenvalue weighted by molar-refractivity contribution is 5.99. The zero-order valence-corrected chi connectivity index (χ0v) is 15.6. The van der Waals surface area contributed by atoms with Crippen LogP contribution in [0.3, 0.4) is 0 Å². The fourth-order valence-corrected chi connectivity index (χ4v) is 2.83. The summed E-state index contributed by atoms with van der Waals surface area (Å²) in [5.41, 5.74) is 2.69. The number of nitrogens with one attached hydrogen (secondary N) is 1. The van der Waals surface area contributed by atoms with Crippen LogP contribution in [0.1, 0.15) is 31.8 Å². The number of rotatable bonds is 6. The van der Waals surface area contributed by atoms with Crippen molar-refractivity contribution in [2.24, 2.45) is 0 Å². The predicted molar refractivity (Wildman–Crippen MR) is 106 cm³/mol. The summed E-state index contributed by atoms with van der Waals surface area (Å²) in [4.78, 5) is 26.7. The van der Waals surface area contributed by atoms with Gasteiger partial charge < -0.3 is 10.2 Å². The van der Waals surface area contributed by atoms with Crippen molar-refractivity contribution < 1.29 is 14.0 Å². The van der Waals surface area contributed by atoms with Gasteiger partial charge in [-0.1, -0.05) is 48.5 Å². The lowest BCUT2D eigenvalue weighted by molar-refractivity contribution is 0.0785. The largest absolute Gasteiger partial charge is 0.348 e. The first-order valence-corrected chi connectivity index (χ1v) is 8.95. The predicted octanol–water partition coefficient (Wildman–Crippen LogP) is 4.03. The monoisotopic (exact) mass is 376 g/mol. The average molecular weight is 376 g/mol. The van der Waals surface area contributed by atoms with Crippen molar-refractivity contribution in [3.63, 3.8) is 0 Å². The van der Waals surface area contributed by atoms with E-state index < -0.39 is 0 Å². The molecule has 0 unspecified atom stereocenters. The molecule has 0 saturated carbocycles. The molecule has 0 aliphatic heterocycles. The number of nitrogens with zero attached hydrogens (tertiary/aromatic N) is 1. The summed E-state index contributed by atoms with van der Waals surface area (Å²) >= 11 is 0. The zero-order chi connectivity index (χ0) is 19.9. The Balaban J connectivity index is 1.64. The van der Waals surface area contributed by atoms with Gasteiger partial charge in [-0.3, -0.25) is 9.59 Å². The Kier molecular flexibility index (Phi) is 6.17. The maximum atomic E-state index is 13.0. The summed E-state index contributed by atoms with van der Waals surface area (Å²) in [6.45, 7) is 0.770. The van der Waals surface area contributed by atoms with Gasteiger partial charge in [-0.05, 0) is 41.5 Å². The van der Waals surface area contributed by atoms with Gasteiger partial charge in [0.05, 0.1) is 0 Å². The van der Waals surface area contributed by atoms with Crippen LogP contribution in [0, 0.1) is 5.82 Å². The van der Waals surface area contributed by atoms with E-state index in [-0.39, 0.29) is 24.2 Å². The second kappa shape index (κ2) is 8.95. The molecule has 0 bridgehead atoms. The van der Waals surface area contributed by atoms with Crippen LogP contribution in [0.2, 0.25) is 0 Å². The topological polar surface area (TPSA) is 49.4 Å². The standard InChI is InChI=1S/C23H21FN2O2/c1-26(16-18-6-3-2-4-7-18)23(28)20-9-5-8-19(14-20)22(27)25-15-17-10-12-21(24)13-11-17/h2-14H,15-16H2,1H3,(H,25,27). The van der Waals surface area contributed by atoms with E-state index in [9.17, 15) is 14.0 Å². The number of benzene rings is 3. The number of hydrogen-bond donors (Lipinski definition) is 1. The van der Waals surface area contributed by atoms with Crippen molar-refractivity contribution >= 4 is 11.8 Å². The molecule has 0 saturated heterocycles. The summed E-state index contributed by atoms with van der Waals surface area (Å²) in [6, 6.07) is 22.3. The molecule has 2 amide bonds. The van der Waals surface area contributed by atoms with Crippen LogP contribution in [-0.2, 0) is 13.1 Å². The van der Waals surface area contributed by atoms with Crippen LogP contribution >= 0.6 is 0 Å². The molecule has 0 radical (unpaired) electrons. The SMILES string of the molecule is CN(Cc1ccccc1)C(=O)c1cccc(C(=O)NCc2ccc(F)cc2)c1. The molecule has 0 aliphatic rings. The highest BCUT2D eigenvalue weighted by Crippen LogP contribution is 2.11. The Hall–Kier alpha value is -3.47. The fraction of sp³-hybridized carbons (Fsp3) is 0.130. The molecule has 3 aromatic rings. The molecule has 4 nitrogen and oxygen atoms in total. The molecule has 1 N–H and O–H groups in total. The summed E-state index contributed by atoms with van der Waals surface area (Å²) in [6.07, 6.45) is 0. The number of hydrogen-bond acceptors (Lipinski definition) is 2. The second-order valence-corrected chi connectivity index (χ2v) is 6.54. The van der Waals surface area contributed by atoms with Gasteiger partial charge in [0.2, 0.25) is 0 Å². The van der Waals surface area contributed by atoms with Crippen LogP contribution < -0.4 is 5.32 Å². The molecule has 0 heterocycles. The lowest BCUT2D eigenvalue weighted by atomic mass is 10.1. The highest BCUT2D eigenvalue weighted by atomic mass is 19.1. The van der Waals surface area contributed by atoms with Gasteiger partial charge in [0, 0.05) is 31.3 Å². The van der Waals surface area contributed by atoms with E-state index in [1.54, 1.807) is 48.3 Å². The maximum Gasteiger partial charge on any atom is 0.253 e. The molecule has 28 heavy (non-hydrogen) atoms. The van der Waals surface area contributed by atoms with Crippen LogP contribution in [0.5, 0.6) is 0 Å². The van der Waals surface area contributed by atoms with E-state index in [4.69, 9.17) is 0 Å².